The molecule has 0 aliphatic heterocycles. The van der Waals surface area contributed by atoms with Crippen LogP contribution in [0, 0.1) is 0 Å². The summed E-state index contributed by atoms with van der Waals surface area (Å²) in [6.07, 6.45) is 1.62. The van der Waals surface area contributed by atoms with E-state index in [9.17, 15) is 0 Å². The number of halogens is 2. The minimum Gasteiger partial charge on any atom is -0.361 e. The first-order valence-electron chi connectivity index (χ1n) is 9.13. The SMILES string of the molecule is CCc1noc(CC)c1CNC(=NC)NCc1nc(-c2ccc(Cl)cc2)no1.I. The van der Waals surface area contributed by atoms with E-state index in [4.69, 9.17) is 20.6 Å². The van der Waals surface area contributed by atoms with Gasteiger partial charge < -0.3 is 19.7 Å². The first-order chi connectivity index (χ1) is 13.6. The molecule has 3 rings (SSSR count). The maximum atomic E-state index is 5.91. The van der Waals surface area contributed by atoms with Crippen LogP contribution >= 0.6 is 35.6 Å². The Morgan fingerprint density at radius 1 is 1.03 bits per heavy atom. The fraction of sp³-hybridized carbons (Fsp3) is 0.368. The average Bonchev–Trinajstić information content (AvgIpc) is 3.35. The molecule has 0 saturated carbocycles. The van der Waals surface area contributed by atoms with Crippen LogP contribution < -0.4 is 10.6 Å². The van der Waals surface area contributed by atoms with Crippen molar-refractivity contribution in [2.45, 2.75) is 39.8 Å². The lowest BCUT2D eigenvalue weighted by Gasteiger charge is -2.10. The van der Waals surface area contributed by atoms with Crippen molar-refractivity contribution >= 4 is 41.5 Å². The zero-order valence-electron chi connectivity index (χ0n) is 16.5. The van der Waals surface area contributed by atoms with E-state index in [1.807, 2.05) is 19.1 Å². The monoisotopic (exact) mass is 530 g/mol. The Kier molecular flexibility index (Phi) is 8.90. The van der Waals surface area contributed by atoms with Crippen LogP contribution in [0.3, 0.4) is 0 Å². The molecule has 2 heterocycles. The second-order valence-corrected chi connectivity index (χ2v) is 6.47. The van der Waals surface area contributed by atoms with Gasteiger partial charge in [0, 0.05) is 36.2 Å². The zero-order valence-corrected chi connectivity index (χ0v) is 19.6. The summed E-state index contributed by atoms with van der Waals surface area (Å²) in [5.41, 5.74) is 2.88. The summed E-state index contributed by atoms with van der Waals surface area (Å²) in [6.45, 7) is 5.03. The zero-order chi connectivity index (χ0) is 19.9. The molecule has 3 aromatic rings. The highest BCUT2D eigenvalue weighted by Crippen LogP contribution is 2.18. The molecule has 156 valence electrons. The van der Waals surface area contributed by atoms with E-state index in [1.54, 1.807) is 19.2 Å². The van der Waals surface area contributed by atoms with Crippen molar-refractivity contribution in [2.24, 2.45) is 4.99 Å². The van der Waals surface area contributed by atoms with Gasteiger partial charge in [-0.15, -0.1) is 24.0 Å². The van der Waals surface area contributed by atoms with Crippen LogP contribution in [0.25, 0.3) is 11.4 Å². The van der Waals surface area contributed by atoms with Gasteiger partial charge in [0.2, 0.25) is 11.7 Å². The van der Waals surface area contributed by atoms with Gasteiger partial charge in [0.1, 0.15) is 5.76 Å². The van der Waals surface area contributed by atoms with Crippen LogP contribution in [0.5, 0.6) is 0 Å². The molecule has 2 N–H and O–H groups in total. The van der Waals surface area contributed by atoms with E-state index in [0.29, 0.717) is 35.8 Å². The third-order valence-corrected chi connectivity index (χ3v) is 4.49. The van der Waals surface area contributed by atoms with Gasteiger partial charge in [0.25, 0.3) is 0 Å². The molecule has 0 fully saturated rings. The standard InChI is InChI=1S/C19H23ClN6O2.HI/c1-4-15-14(16(5-2)27-25-15)10-22-19(21-3)23-11-17-24-18(26-28-17)12-6-8-13(20)9-7-12;/h6-9H,4-5,10-11H2,1-3H3,(H2,21,22,23);1H. The predicted molar refractivity (Wildman–Crippen MR) is 122 cm³/mol. The minimum absolute atomic E-state index is 0. The lowest BCUT2D eigenvalue weighted by atomic mass is 10.1. The maximum Gasteiger partial charge on any atom is 0.246 e. The number of nitrogens with zero attached hydrogens (tertiary/aromatic N) is 4. The largest absolute Gasteiger partial charge is 0.361 e. The Morgan fingerprint density at radius 3 is 2.41 bits per heavy atom. The summed E-state index contributed by atoms with van der Waals surface area (Å²) in [5.74, 6) is 2.49. The van der Waals surface area contributed by atoms with Gasteiger partial charge in [-0.05, 0) is 30.7 Å². The number of hydrogen-bond donors (Lipinski definition) is 2. The number of aryl methyl sites for hydroxylation is 2. The number of benzene rings is 1. The molecule has 1 aromatic carbocycles. The van der Waals surface area contributed by atoms with Crippen molar-refractivity contribution in [3.8, 4) is 11.4 Å². The molecule has 0 amide bonds. The van der Waals surface area contributed by atoms with E-state index in [-0.39, 0.29) is 24.0 Å². The van der Waals surface area contributed by atoms with E-state index in [0.717, 1.165) is 35.4 Å². The van der Waals surface area contributed by atoms with Gasteiger partial charge >= 0.3 is 0 Å². The summed E-state index contributed by atoms with van der Waals surface area (Å²) >= 11 is 5.91. The van der Waals surface area contributed by atoms with E-state index >= 15 is 0 Å². The Labute approximate surface area is 191 Å². The maximum absolute atomic E-state index is 5.91. The molecule has 29 heavy (non-hydrogen) atoms. The molecule has 0 saturated heterocycles. The van der Waals surface area contributed by atoms with Crippen molar-refractivity contribution in [3.63, 3.8) is 0 Å². The highest BCUT2D eigenvalue weighted by molar-refractivity contribution is 14.0. The van der Waals surface area contributed by atoms with Crippen LogP contribution in [-0.2, 0) is 25.9 Å². The number of rotatable bonds is 7. The van der Waals surface area contributed by atoms with Crippen LogP contribution in [0.4, 0.5) is 0 Å². The summed E-state index contributed by atoms with van der Waals surface area (Å²) in [5, 5.41) is 15.2. The first-order valence-corrected chi connectivity index (χ1v) is 9.51. The highest BCUT2D eigenvalue weighted by atomic mass is 127. The first kappa shape index (κ1) is 23.1. The topological polar surface area (TPSA) is 101 Å². The number of hydrogen-bond acceptors (Lipinski definition) is 6. The fourth-order valence-electron chi connectivity index (χ4n) is 2.73. The summed E-state index contributed by atoms with van der Waals surface area (Å²) in [7, 11) is 1.71. The van der Waals surface area contributed by atoms with Gasteiger partial charge in [0.05, 0.1) is 12.2 Å². The highest BCUT2D eigenvalue weighted by Gasteiger charge is 2.14. The van der Waals surface area contributed by atoms with Crippen LogP contribution in [0.2, 0.25) is 5.02 Å². The van der Waals surface area contributed by atoms with Gasteiger partial charge in [-0.2, -0.15) is 4.98 Å². The number of guanidine groups is 1. The third kappa shape index (κ3) is 5.92. The molecule has 0 aliphatic carbocycles. The Balaban J connectivity index is 0.00000300. The van der Waals surface area contributed by atoms with Crippen molar-refractivity contribution < 1.29 is 9.05 Å². The fourth-order valence-corrected chi connectivity index (χ4v) is 2.86. The predicted octanol–water partition coefficient (Wildman–Crippen LogP) is 3.99. The third-order valence-electron chi connectivity index (χ3n) is 4.24. The number of aliphatic imine (C=N–C) groups is 1. The number of nitrogens with one attached hydrogen (secondary N) is 2. The van der Waals surface area contributed by atoms with Crippen LogP contribution in [0.15, 0.2) is 38.3 Å². The quantitative estimate of drug-likeness (QED) is 0.271. The molecule has 0 bridgehead atoms. The molecule has 2 aromatic heterocycles. The molecular formula is C19H24ClIN6O2. The second kappa shape index (κ2) is 11.1. The molecule has 0 atom stereocenters. The molecule has 0 radical (unpaired) electrons. The molecule has 10 heteroatoms. The summed E-state index contributed by atoms with van der Waals surface area (Å²) in [4.78, 5) is 8.62. The molecule has 0 unspecified atom stereocenters. The molecule has 0 spiro atoms. The second-order valence-electron chi connectivity index (χ2n) is 6.04. The van der Waals surface area contributed by atoms with Gasteiger partial charge in [-0.1, -0.05) is 35.8 Å². The van der Waals surface area contributed by atoms with E-state index in [1.165, 1.54) is 0 Å². The van der Waals surface area contributed by atoms with Gasteiger partial charge in [0.15, 0.2) is 5.96 Å². The Bertz CT molecular complexity index is 917. The smallest absolute Gasteiger partial charge is 0.246 e. The van der Waals surface area contributed by atoms with Crippen molar-refractivity contribution in [3.05, 3.63) is 52.2 Å². The van der Waals surface area contributed by atoms with E-state index in [2.05, 4.69) is 37.8 Å². The summed E-state index contributed by atoms with van der Waals surface area (Å²) < 4.78 is 10.7. The van der Waals surface area contributed by atoms with Gasteiger partial charge in [-0.25, -0.2) is 0 Å². The molecule has 0 aliphatic rings. The van der Waals surface area contributed by atoms with Crippen molar-refractivity contribution in [2.75, 3.05) is 7.05 Å². The summed E-state index contributed by atoms with van der Waals surface area (Å²) in [6, 6.07) is 7.27. The lowest BCUT2D eigenvalue weighted by Crippen LogP contribution is -2.36. The van der Waals surface area contributed by atoms with E-state index < -0.39 is 0 Å². The average molecular weight is 531 g/mol. The van der Waals surface area contributed by atoms with Crippen LogP contribution in [0.1, 0.15) is 36.8 Å². The minimum atomic E-state index is 0. The normalized spacial score (nSPS) is 11.2. The van der Waals surface area contributed by atoms with Crippen LogP contribution in [-0.4, -0.2) is 28.3 Å². The Morgan fingerprint density at radius 2 is 1.76 bits per heavy atom. The number of aromatic nitrogens is 3. The van der Waals surface area contributed by atoms with Crippen molar-refractivity contribution in [1.29, 1.82) is 0 Å². The molecule has 8 nitrogen and oxygen atoms in total. The van der Waals surface area contributed by atoms with Crippen molar-refractivity contribution in [1.82, 2.24) is 25.9 Å². The van der Waals surface area contributed by atoms with Gasteiger partial charge in [-0.3, -0.25) is 4.99 Å². The Hall–Kier alpha value is -2.14. The lowest BCUT2D eigenvalue weighted by molar-refractivity contribution is 0.375. The molecular weight excluding hydrogens is 507 g/mol.